The molecule has 1 aliphatic rings. The maximum absolute atomic E-state index is 13.0. The lowest BCUT2D eigenvalue weighted by molar-refractivity contribution is -0.140. The summed E-state index contributed by atoms with van der Waals surface area (Å²) in [6.45, 7) is 7.85. The molecule has 0 bridgehead atoms. The number of carbonyl (C=O) groups is 1. The van der Waals surface area contributed by atoms with Crippen LogP contribution in [0, 0.1) is 19.8 Å². The van der Waals surface area contributed by atoms with Crippen LogP contribution in [0.1, 0.15) is 42.9 Å². The Morgan fingerprint density at radius 3 is 2.41 bits per heavy atom. The van der Waals surface area contributed by atoms with E-state index in [1.54, 1.807) is 0 Å². The molecule has 0 N–H and O–H groups in total. The van der Waals surface area contributed by atoms with Gasteiger partial charge in [0, 0.05) is 13.1 Å². The molecule has 2 aromatic carbocycles. The summed E-state index contributed by atoms with van der Waals surface area (Å²) >= 11 is 0. The molecule has 1 saturated heterocycles. The molecule has 1 fully saturated rings. The smallest absolute Gasteiger partial charge is 0.263 e. The molecule has 0 saturated carbocycles. The number of benzene rings is 2. The van der Waals surface area contributed by atoms with Crippen LogP contribution in [0.5, 0.6) is 5.75 Å². The van der Waals surface area contributed by atoms with Crippen molar-refractivity contribution in [1.29, 1.82) is 0 Å². The van der Waals surface area contributed by atoms with Crippen LogP contribution in [0.2, 0.25) is 0 Å². The van der Waals surface area contributed by atoms with Crippen LogP contribution in [0.15, 0.2) is 48.5 Å². The average molecular weight is 366 g/mol. The van der Waals surface area contributed by atoms with Gasteiger partial charge in [0.15, 0.2) is 6.10 Å². The minimum absolute atomic E-state index is 0.133. The summed E-state index contributed by atoms with van der Waals surface area (Å²) in [5.41, 5.74) is 3.82. The molecule has 0 spiro atoms. The highest BCUT2D eigenvalue weighted by atomic mass is 16.5. The Morgan fingerprint density at radius 1 is 1.07 bits per heavy atom. The molecule has 3 heteroatoms. The fraction of sp³-hybridized carbons (Fsp3) is 0.458. The monoisotopic (exact) mass is 365 g/mol. The van der Waals surface area contributed by atoms with E-state index in [9.17, 15) is 4.79 Å². The van der Waals surface area contributed by atoms with E-state index in [4.69, 9.17) is 4.74 Å². The van der Waals surface area contributed by atoms with E-state index in [1.807, 2.05) is 24.0 Å². The van der Waals surface area contributed by atoms with Crippen LogP contribution in [-0.2, 0) is 11.2 Å². The number of hydrogen-bond donors (Lipinski definition) is 0. The van der Waals surface area contributed by atoms with Gasteiger partial charge >= 0.3 is 0 Å². The highest BCUT2D eigenvalue weighted by molar-refractivity contribution is 5.81. The molecule has 2 aromatic rings. The van der Waals surface area contributed by atoms with Gasteiger partial charge in [0.1, 0.15) is 5.75 Å². The third-order valence-electron chi connectivity index (χ3n) is 5.70. The molecule has 0 aromatic heterocycles. The molecule has 0 aliphatic carbocycles. The Kier molecular flexibility index (Phi) is 6.54. The normalized spacial score (nSPS) is 16.2. The maximum atomic E-state index is 13.0. The van der Waals surface area contributed by atoms with Crippen LogP contribution in [0.4, 0.5) is 0 Å². The summed E-state index contributed by atoms with van der Waals surface area (Å²) in [4.78, 5) is 14.9. The number of nitrogens with zero attached hydrogens (tertiary/aromatic N) is 1. The first kappa shape index (κ1) is 19.5. The molecule has 3 rings (SSSR count). The Balaban J connectivity index is 1.54. The van der Waals surface area contributed by atoms with Gasteiger partial charge in [0.2, 0.25) is 0 Å². The molecule has 0 unspecified atom stereocenters. The number of piperidine rings is 1. The number of aryl methyl sites for hydroxylation is 2. The minimum Gasteiger partial charge on any atom is -0.481 e. The minimum atomic E-state index is -0.391. The van der Waals surface area contributed by atoms with E-state index in [2.05, 4.69) is 50.2 Å². The molecule has 1 amide bonds. The number of hydrogen-bond acceptors (Lipinski definition) is 2. The van der Waals surface area contributed by atoms with Crippen molar-refractivity contribution in [2.24, 2.45) is 5.92 Å². The van der Waals surface area contributed by atoms with Crippen molar-refractivity contribution >= 4 is 5.91 Å². The van der Waals surface area contributed by atoms with Crippen molar-refractivity contribution < 1.29 is 9.53 Å². The summed E-state index contributed by atoms with van der Waals surface area (Å²) in [5, 5.41) is 0. The molecule has 1 atom stereocenters. The largest absolute Gasteiger partial charge is 0.481 e. The van der Waals surface area contributed by atoms with Crippen LogP contribution in [-0.4, -0.2) is 30.0 Å². The van der Waals surface area contributed by atoms with E-state index in [-0.39, 0.29) is 5.91 Å². The third kappa shape index (κ3) is 5.12. The highest BCUT2D eigenvalue weighted by Gasteiger charge is 2.28. The molecule has 144 valence electrons. The predicted molar refractivity (Wildman–Crippen MR) is 110 cm³/mol. The van der Waals surface area contributed by atoms with Crippen molar-refractivity contribution in [1.82, 2.24) is 4.90 Å². The molecular weight excluding hydrogens is 334 g/mol. The number of carbonyl (C=O) groups excluding carboxylic acids is 1. The van der Waals surface area contributed by atoms with Crippen molar-refractivity contribution in [3.05, 3.63) is 65.2 Å². The van der Waals surface area contributed by atoms with E-state index in [0.29, 0.717) is 12.3 Å². The Morgan fingerprint density at radius 2 is 1.78 bits per heavy atom. The van der Waals surface area contributed by atoms with Gasteiger partial charge in [-0.1, -0.05) is 43.3 Å². The van der Waals surface area contributed by atoms with E-state index in [0.717, 1.165) is 38.1 Å². The number of rotatable bonds is 6. The molecule has 1 aliphatic heterocycles. The molecular formula is C24H31NO2. The zero-order valence-corrected chi connectivity index (χ0v) is 16.8. The van der Waals surface area contributed by atoms with Gasteiger partial charge in [0.25, 0.3) is 5.91 Å². The second-order valence-corrected chi connectivity index (χ2v) is 7.72. The zero-order valence-electron chi connectivity index (χ0n) is 16.8. The van der Waals surface area contributed by atoms with E-state index >= 15 is 0 Å². The van der Waals surface area contributed by atoms with Gasteiger partial charge in [0.05, 0.1) is 0 Å². The summed E-state index contributed by atoms with van der Waals surface area (Å²) in [5.74, 6) is 1.59. The second-order valence-electron chi connectivity index (χ2n) is 7.72. The quantitative estimate of drug-likeness (QED) is 0.725. The van der Waals surface area contributed by atoms with Gasteiger partial charge in [-0.05, 0) is 74.3 Å². The lowest BCUT2D eigenvalue weighted by Gasteiger charge is -2.34. The van der Waals surface area contributed by atoms with Gasteiger partial charge in [-0.2, -0.15) is 0 Å². The second kappa shape index (κ2) is 9.07. The number of amides is 1. The molecule has 3 nitrogen and oxygen atoms in total. The molecule has 1 heterocycles. The van der Waals surface area contributed by atoms with Gasteiger partial charge < -0.3 is 9.64 Å². The van der Waals surface area contributed by atoms with E-state index in [1.165, 1.54) is 16.7 Å². The summed E-state index contributed by atoms with van der Waals surface area (Å²) in [6.07, 6.45) is 3.55. The number of likely N-dealkylation sites (tertiary alicyclic amines) is 1. The Labute approximate surface area is 163 Å². The van der Waals surface area contributed by atoms with Crippen LogP contribution < -0.4 is 4.74 Å². The first-order valence-corrected chi connectivity index (χ1v) is 10.1. The van der Waals surface area contributed by atoms with Gasteiger partial charge in [-0.15, -0.1) is 0 Å². The van der Waals surface area contributed by atoms with Gasteiger partial charge in [-0.25, -0.2) is 0 Å². The lowest BCUT2D eigenvalue weighted by Crippen LogP contribution is -2.45. The number of ether oxygens (including phenoxy) is 1. The standard InChI is InChI=1S/C24H31NO2/c1-4-23(27-22-11-10-18(2)19(3)16-22)24(26)25-14-12-21(13-15-25)17-20-8-6-5-7-9-20/h5-11,16,21,23H,4,12-15,17H2,1-3H3/t23-/m1/s1. The topological polar surface area (TPSA) is 29.5 Å². The highest BCUT2D eigenvalue weighted by Crippen LogP contribution is 2.24. The third-order valence-corrected chi connectivity index (χ3v) is 5.70. The fourth-order valence-electron chi connectivity index (χ4n) is 3.77. The van der Waals surface area contributed by atoms with Crippen LogP contribution in [0.25, 0.3) is 0 Å². The molecule has 27 heavy (non-hydrogen) atoms. The van der Waals surface area contributed by atoms with Crippen molar-refractivity contribution in [3.8, 4) is 5.75 Å². The Bertz CT molecular complexity index is 748. The molecule has 0 radical (unpaired) electrons. The summed E-state index contributed by atoms with van der Waals surface area (Å²) in [6, 6.07) is 16.7. The van der Waals surface area contributed by atoms with Crippen molar-refractivity contribution in [2.75, 3.05) is 13.1 Å². The summed E-state index contributed by atoms with van der Waals surface area (Å²) in [7, 11) is 0. The maximum Gasteiger partial charge on any atom is 0.263 e. The predicted octanol–water partition coefficient (Wildman–Crippen LogP) is 4.94. The zero-order chi connectivity index (χ0) is 19.2. The van der Waals surface area contributed by atoms with Gasteiger partial charge in [-0.3, -0.25) is 4.79 Å². The van der Waals surface area contributed by atoms with E-state index < -0.39 is 6.10 Å². The van der Waals surface area contributed by atoms with Crippen molar-refractivity contribution in [3.63, 3.8) is 0 Å². The van der Waals surface area contributed by atoms with Crippen LogP contribution in [0.3, 0.4) is 0 Å². The Hall–Kier alpha value is -2.29. The van der Waals surface area contributed by atoms with Crippen molar-refractivity contribution in [2.45, 2.75) is 52.6 Å². The average Bonchev–Trinajstić information content (AvgIpc) is 2.69. The van der Waals surface area contributed by atoms with Crippen LogP contribution >= 0.6 is 0 Å². The first-order valence-electron chi connectivity index (χ1n) is 10.1. The lowest BCUT2D eigenvalue weighted by atomic mass is 9.90. The first-order chi connectivity index (χ1) is 13.1. The fourth-order valence-corrected chi connectivity index (χ4v) is 3.77. The SMILES string of the molecule is CC[C@@H](Oc1ccc(C)c(C)c1)C(=O)N1CCC(Cc2ccccc2)CC1. The summed E-state index contributed by atoms with van der Waals surface area (Å²) < 4.78 is 6.05.